The van der Waals surface area contributed by atoms with E-state index in [0.29, 0.717) is 17.1 Å². The monoisotopic (exact) mass is 598 g/mol. The Kier molecular flexibility index (Phi) is 7.48. The third-order valence-corrected chi connectivity index (χ3v) is 6.07. The molecule has 0 saturated heterocycles. The number of anilines is 2. The molecule has 0 unspecified atom stereocenters. The molecule has 15 heteroatoms. The fourth-order valence-corrected chi connectivity index (χ4v) is 4.22. The zero-order valence-electron chi connectivity index (χ0n) is 22.0. The minimum atomic E-state index is -4.48. The Morgan fingerprint density at radius 1 is 0.698 bits per heavy atom. The highest BCUT2D eigenvalue weighted by molar-refractivity contribution is 5.88. The molecule has 0 aliphatic heterocycles. The first-order chi connectivity index (χ1) is 20.3. The highest BCUT2D eigenvalue weighted by Gasteiger charge is 2.34. The minimum Gasteiger partial charge on any atom is -0.382 e. The van der Waals surface area contributed by atoms with Crippen molar-refractivity contribution in [2.24, 2.45) is 0 Å². The molecule has 0 atom stereocenters. The number of halogens is 6. The number of nitrogen functional groups attached to an aromatic ring is 1. The molecule has 6 aromatic rings. The topological polar surface area (TPSA) is 116 Å². The zero-order chi connectivity index (χ0) is 30.9. The lowest BCUT2D eigenvalue weighted by Gasteiger charge is -2.12. The summed E-state index contributed by atoms with van der Waals surface area (Å²) in [6.07, 6.45) is -6.12. The van der Waals surface area contributed by atoms with E-state index in [1.807, 2.05) is 0 Å². The van der Waals surface area contributed by atoms with E-state index < -0.39 is 23.5 Å². The summed E-state index contributed by atoms with van der Waals surface area (Å²) in [5, 5.41) is 10.8. The van der Waals surface area contributed by atoms with E-state index in [1.54, 1.807) is 12.1 Å². The summed E-state index contributed by atoms with van der Waals surface area (Å²) in [5.41, 5.74) is 5.36. The van der Waals surface area contributed by atoms with Crippen molar-refractivity contribution in [3.05, 3.63) is 96.3 Å². The largest absolute Gasteiger partial charge is 0.417 e. The van der Waals surface area contributed by atoms with Crippen LogP contribution in [0.5, 0.6) is 0 Å². The van der Waals surface area contributed by atoms with Gasteiger partial charge in [-0.3, -0.25) is 4.79 Å². The number of carbonyl (C=O) groups is 1. The van der Waals surface area contributed by atoms with E-state index in [4.69, 9.17) is 5.73 Å². The molecule has 3 N–H and O–H groups in total. The van der Waals surface area contributed by atoms with Crippen LogP contribution < -0.4 is 11.1 Å². The van der Waals surface area contributed by atoms with Crippen LogP contribution >= 0.6 is 0 Å². The van der Waals surface area contributed by atoms with Crippen molar-refractivity contribution in [1.82, 2.24) is 29.2 Å². The molecule has 4 heterocycles. The maximum atomic E-state index is 13.1. The summed E-state index contributed by atoms with van der Waals surface area (Å²) in [7, 11) is 0. The van der Waals surface area contributed by atoms with Gasteiger partial charge >= 0.3 is 12.4 Å². The van der Waals surface area contributed by atoms with Gasteiger partial charge in [0.15, 0.2) is 17.1 Å². The van der Waals surface area contributed by atoms with Gasteiger partial charge in [0.1, 0.15) is 5.82 Å². The molecular formula is C28H20F6N8O. The molecule has 6 rings (SSSR count). The maximum absolute atomic E-state index is 13.1. The normalized spacial score (nSPS) is 11.8. The second-order valence-corrected chi connectivity index (χ2v) is 9.07. The molecule has 0 fully saturated rings. The van der Waals surface area contributed by atoms with Gasteiger partial charge in [0.05, 0.1) is 34.9 Å². The summed E-state index contributed by atoms with van der Waals surface area (Å²) in [4.78, 5) is 19.2. The Labute approximate surface area is 238 Å². The van der Waals surface area contributed by atoms with Crippen LogP contribution in [0.2, 0.25) is 0 Å². The third kappa shape index (κ3) is 6.10. The highest BCUT2D eigenvalue weighted by Crippen LogP contribution is 2.37. The van der Waals surface area contributed by atoms with Crippen LogP contribution in [0.15, 0.2) is 85.2 Å². The smallest absolute Gasteiger partial charge is 0.382 e. The first-order valence-corrected chi connectivity index (χ1v) is 12.4. The molecule has 2 aromatic carbocycles. The summed E-state index contributed by atoms with van der Waals surface area (Å²) in [6.45, 7) is 1.32. The number of hydrogen-bond donors (Lipinski definition) is 2. The first-order valence-electron chi connectivity index (χ1n) is 12.4. The molecule has 0 aliphatic carbocycles. The standard InChI is InChI=1S/C15H11F3N4O.C13H9F3N4/c1-9(23)20-14-8-19-13-7-6-12(21-22(13)14)10-4-2-3-5-11(10)15(16,17)18;14-13(15,16)9-4-2-1-3-8(9)10-5-6-12-18-7-11(17)20(12)19-10/h2-8H,1H3,(H,20,23);1-7H,17H2. The predicted octanol–water partition coefficient (Wildman–Crippen LogP) is 6.37. The molecule has 4 aromatic heterocycles. The van der Waals surface area contributed by atoms with Gasteiger partial charge in [0, 0.05) is 18.1 Å². The fourth-order valence-electron chi connectivity index (χ4n) is 4.22. The van der Waals surface area contributed by atoms with Crippen LogP contribution in [0.1, 0.15) is 18.1 Å². The number of rotatable bonds is 3. The third-order valence-electron chi connectivity index (χ3n) is 6.07. The van der Waals surface area contributed by atoms with E-state index >= 15 is 0 Å². The van der Waals surface area contributed by atoms with Crippen LogP contribution in [-0.4, -0.2) is 35.1 Å². The van der Waals surface area contributed by atoms with Crippen LogP contribution in [0.3, 0.4) is 0 Å². The summed E-state index contributed by atoms with van der Waals surface area (Å²) in [6, 6.07) is 16.6. The van der Waals surface area contributed by atoms with Gasteiger partial charge < -0.3 is 11.1 Å². The molecule has 0 radical (unpaired) electrons. The number of alkyl halides is 6. The second-order valence-electron chi connectivity index (χ2n) is 9.07. The van der Waals surface area contributed by atoms with Gasteiger partial charge in [0.25, 0.3) is 0 Å². The predicted molar refractivity (Wildman–Crippen MR) is 146 cm³/mol. The molecule has 0 bridgehead atoms. The molecule has 1 amide bonds. The number of aromatic nitrogens is 6. The minimum absolute atomic E-state index is 0.00926. The fraction of sp³-hybridized carbons (Fsp3) is 0.107. The Bertz CT molecular complexity index is 1940. The van der Waals surface area contributed by atoms with Crippen LogP contribution in [0, 0.1) is 0 Å². The van der Waals surface area contributed by atoms with E-state index in [9.17, 15) is 31.1 Å². The van der Waals surface area contributed by atoms with Gasteiger partial charge in [-0.15, -0.1) is 0 Å². The van der Waals surface area contributed by atoms with E-state index in [-0.39, 0.29) is 34.2 Å². The molecular weight excluding hydrogens is 578 g/mol. The number of hydrogen-bond acceptors (Lipinski definition) is 6. The van der Waals surface area contributed by atoms with Crippen molar-refractivity contribution in [1.29, 1.82) is 0 Å². The van der Waals surface area contributed by atoms with Crippen molar-refractivity contribution in [3.8, 4) is 22.5 Å². The van der Waals surface area contributed by atoms with E-state index in [0.717, 1.165) is 12.1 Å². The lowest BCUT2D eigenvalue weighted by atomic mass is 10.0. The summed E-state index contributed by atoms with van der Waals surface area (Å²) >= 11 is 0. The Morgan fingerprint density at radius 3 is 1.67 bits per heavy atom. The molecule has 43 heavy (non-hydrogen) atoms. The van der Waals surface area contributed by atoms with Crippen molar-refractivity contribution < 1.29 is 31.1 Å². The maximum Gasteiger partial charge on any atom is 0.417 e. The number of carbonyl (C=O) groups excluding carboxylic acids is 1. The number of benzene rings is 2. The van der Waals surface area contributed by atoms with Gasteiger partial charge in [-0.2, -0.15) is 45.6 Å². The lowest BCUT2D eigenvalue weighted by Crippen LogP contribution is -2.10. The molecule has 0 saturated carbocycles. The highest BCUT2D eigenvalue weighted by atomic mass is 19.4. The molecule has 9 nitrogen and oxygen atoms in total. The van der Waals surface area contributed by atoms with Gasteiger partial charge in [0.2, 0.25) is 5.91 Å². The summed E-state index contributed by atoms with van der Waals surface area (Å²) in [5.74, 6) is 0.236. The Morgan fingerprint density at radius 2 is 1.16 bits per heavy atom. The van der Waals surface area contributed by atoms with Crippen LogP contribution in [0.25, 0.3) is 33.8 Å². The number of nitrogens with zero attached hydrogens (tertiary/aromatic N) is 6. The molecule has 220 valence electrons. The van der Waals surface area contributed by atoms with E-state index in [1.165, 1.54) is 76.9 Å². The number of nitrogens with one attached hydrogen (secondary N) is 1. The van der Waals surface area contributed by atoms with Gasteiger partial charge in [-0.1, -0.05) is 36.4 Å². The summed E-state index contributed by atoms with van der Waals surface area (Å²) < 4.78 is 81.0. The van der Waals surface area contributed by atoms with E-state index in [2.05, 4.69) is 25.5 Å². The molecule has 0 aliphatic rings. The first kappa shape index (κ1) is 29.0. The van der Waals surface area contributed by atoms with Crippen LogP contribution in [0.4, 0.5) is 38.0 Å². The van der Waals surface area contributed by atoms with Crippen LogP contribution in [-0.2, 0) is 17.1 Å². The van der Waals surface area contributed by atoms with Crippen molar-refractivity contribution >= 4 is 28.8 Å². The quantitative estimate of drug-likeness (QED) is 0.229. The number of amides is 1. The zero-order valence-corrected chi connectivity index (χ0v) is 22.0. The average molecular weight is 599 g/mol. The molecule has 0 spiro atoms. The average Bonchev–Trinajstić information content (AvgIpc) is 3.54. The second kappa shape index (κ2) is 11.1. The van der Waals surface area contributed by atoms with Crippen molar-refractivity contribution in [2.45, 2.75) is 19.3 Å². The number of imidazole rings is 2. The number of nitrogens with two attached hydrogens (primary N) is 1. The van der Waals surface area contributed by atoms with Gasteiger partial charge in [-0.05, 0) is 36.4 Å². The van der Waals surface area contributed by atoms with Crippen molar-refractivity contribution in [3.63, 3.8) is 0 Å². The SMILES string of the molecule is CC(=O)Nc1cnc2ccc(-c3ccccc3C(F)(F)F)nn12.Nc1cnc2ccc(-c3ccccc3C(F)(F)F)nn12. The Hall–Kier alpha value is -5.47. The number of fused-ring (bicyclic) bond motifs is 2. The lowest BCUT2D eigenvalue weighted by molar-refractivity contribution is -0.137. The van der Waals surface area contributed by atoms with Crippen molar-refractivity contribution in [2.75, 3.05) is 11.1 Å². The Balaban J connectivity index is 0.000000173. The van der Waals surface area contributed by atoms with Gasteiger partial charge in [-0.25, -0.2) is 9.97 Å².